The lowest BCUT2D eigenvalue weighted by molar-refractivity contribution is 1.30. The van der Waals surface area contributed by atoms with E-state index in [1.807, 2.05) is 5.75 Å². The molecule has 6 heavy (non-hydrogen) atoms. The molecule has 1 aliphatic heterocycles. The van der Waals surface area contributed by atoms with Crippen molar-refractivity contribution in [3.8, 4) is 0 Å². The van der Waals surface area contributed by atoms with Crippen LogP contribution >= 0.6 is 11.8 Å². The molecule has 1 N–H and O–H groups in total. The molecular weight excluding hydrogens is 94.1 g/mol. The molecule has 2 heteroatoms. The van der Waals surface area contributed by atoms with Crippen LogP contribution in [0.3, 0.4) is 0 Å². The van der Waals surface area contributed by atoms with E-state index in [0.717, 1.165) is 17.9 Å². The molecule has 1 rings (SSSR count). The van der Waals surface area contributed by atoms with Crippen molar-refractivity contribution in [3.63, 3.8) is 0 Å². The van der Waals surface area contributed by atoms with Crippen molar-refractivity contribution in [2.75, 3.05) is 5.75 Å². The fraction of sp³-hybridized carbons (Fsp3) is 0.500. The van der Waals surface area contributed by atoms with Crippen LogP contribution < -0.4 is 0 Å². The van der Waals surface area contributed by atoms with Crippen molar-refractivity contribution in [3.05, 3.63) is 5.75 Å². The second kappa shape index (κ2) is 1.65. The molecule has 1 radical (unpaired) electrons. The maximum atomic E-state index is 6.97. The molecule has 0 unspecified atom stereocenters. The smallest absolute Gasteiger partial charge is 0.0595 e. The molecule has 0 bridgehead atoms. The Kier molecular flexibility index (Phi) is 1.15. The van der Waals surface area contributed by atoms with E-state index < -0.39 is 0 Å². The molecule has 0 atom stereocenters. The molecule has 1 aliphatic rings. The Morgan fingerprint density at radius 1 is 1.83 bits per heavy atom. The highest BCUT2D eigenvalue weighted by Gasteiger charge is 2.04. The van der Waals surface area contributed by atoms with Crippen LogP contribution in [-0.4, -0.2) is 11.5 Å². The second-order valence-corrected chi connectivity index (χ2v) is 2.24. The van der Waals surface area contributed by atoms with E-state index in [-0.39, 0.29) is 0 Å². The SMILES string of the molecule is N=C1[CH]SCC1. The fourth-order valence-corrected chi connectivity index (χ4v) is 1.16. The molecule has 1 nitrogen and oxygen atoms in total. The fourth-order valence-electron chi connectivity index (χ4n) is 0.387. The predicted molar refractivity (Wildman–Crippen MR) is 29.1 cm³/mol. The number of hydrogen-bond acceptors (Lipinski definition) is 2. The zero-order valence-corrected chi connectivity index (χ0v) is 4.22. The van der Waals surface area contributed by atoms with E-state index in [2.05, 4.69) is 0 Å². The summed E-state index contributed by atoms with van der Waals surface area (Å²) in [6.07, 6.45) is 0.977. The predicted octanol–water partition coefficient (Wildman–Crippen LogP) is 1.30. The second-order valence-electron chi connectivity index (χ2n) is 1.26. The summed E-state index contributed by atoms with van der Waals surface area (Å²) in [4.78, 5) is 0. The van der Waals surface area contributed by atoms with Crippen LogP contribution in [-0.2, 0) is 0 Å². The highest BCUT2D eigenvalue weighted by atomic mass is 32.2. The van der Waals surface area contributed by atoms with Gasteiger partial charge in [0.2, 0.25) is 0 Å². The van der Waals surface area contributed by atoms with Gasteiger partial charge in [0.25, 0.3) is 0 Å². The Balaban J connectivity index is 2.37. The standard InChI is InChI=1S/C4H6NS/c5-4-1-2-6-3-4/h3,5H,1-2H2. The molecule has 0 amide bonds. The highest BCUT2D eigenvalue weighted by molar-refractivity contribution is 8.02. The first kappa shape index (κ1) is 4.19. The lowest BCUT2D eigenvalue weighted by Crippen LogP contribution is -1.82. The lowest BCUT2D eigenvalue weighted by atomic mass is 10.3. The number of thioether (sulfide) groups is 1. The minimum Gasteiger partial charge on any atom is -0.308 e. The third-order valence-electron chi connectivity index (χ3n) is 0.715. The third kappa shape index (κ3) is 0.744. The summed E-state index contributed by atoms with van der Waals surface area (Å²) in [5.41, 5.74) is 0.792. The molecule has 0 aromatic heterocycles. The van der Waals surface area contributed by atoms with Gasteiger partial charge in [0.1, 0.15) is 0 Å². The van der Waals surface area contributed by atoms with Crippen molar-refractivity contribution in [2.45, 2.75) is 6.42 Å². The Hall–Kier alpha value is 0.0200. The zero-order valence-electron chi connectivity index (χ0n) is 3.40. The van der Waals surface area contributed by atoms with Gasteiger partial charge in [-0.3, -0.25) is 0 Å². The van der Waals surface area contributed by atoms with Gasteiger partial charge in [0, 0.05) is 5.71 Å². The van der Waals surface area contributed by atoms with E-state index in [1.165, 1.54) is 0 Å². The van der Waals surface area contributed by atoms with Gasteiger partial charge in [-0.05, 0) is 12.2 Å². The summed E-state index contributed by atoms with van der Waals surface area (Å²) in [5.74, 6) is 3.03. The lowest BCUT2D eigenvalue weighted by Gasteiger charge is -1.75. The first-order valence-electron chi connectivity index (χ1n) is 1.92. The zero-order chi connectivity index (χ0) is 4.41. The maximum absolute atomic E-state index is 6.97. The van der Waals surface area contributed by atoms with E-state index >= 15 is 0 Å². The Morgan fingerprint density at radius 3 is 2.83 bits per heavy atom. The normalized spacial score (nSPS) is 22.3. The first-order chi connectivity index (χ1) is 2.89. The average Bonchev–Trinajstić information content (AvgIpc) is 1.86. The van der Waals surface area contributed by atoms with Crippen LogP contribution in [0.25, 0.3) is 0 Å². The van der Waals surface area contributed by atoms with Crippen LogP contribution in [0.1, 0.15) is 6.42 Å². The molecule has 1 heterocycles. The summed E-state index contributed by atoms with van der Waals surface area (Å²) >= 11 is 1.73. The van der Waals surface area contributed by atoms with Crippen LogP contribution in [0.15, 0.2) is 0 Å². The van der Waals surface area contributed by atoms with Crippen molar-refractivity contribution in [1.29, 1.82) is 5.41 Å². The average molecular weight is 100 g/mol. The molecule has 0 saturated carbocycles. The van der Waals surface area contributed by atoms with Gasteiger partial charge in [-0.1, -0.05) is 0 Å². The van der Waals surface area contributed by atoms with Gasteiger partial charge in [-0.25, -0.2) is 0 Å². The largest absolute Gasteiger partial charge is 0.308 e. The van der Waals surface area contributed by atoms with Gasteiger partial charge in [0.05, 0.1) is 5.75 Å². The Morgan fingerprint density at radius 2 is 2.67 bits per heavy atom. The molecule has 33 valence electrons. The Labute approximate surface area is 41.6 Å². The van der Waals surface area contributed by atoms with Gasteiger partial charge in [-0.15, -0.1) is 0 Å². The van der Waals surface area contributed by atoms with E-state index in [9.17, 15) is 0 Å². The molecular formula is C4H6NS. The molecule has 0 aromatic rings. The monoisotopic (exact) mass is 100 g/mol. The van der Waals surface area contributed by atoms with Gasteiger partial charge < -0.3 is 5.41 Å². The molecule has 0 aromatic carbocycles. The summed E-state index contributed by atoms with van der Waals surface area (Å²) in [5, 5.41) is 6.97. The Bertz CT molecular complexity index is 61.9. The van der Waals surface area contributed by atoms with Crippen LogP contribution in [0.5, 0.6) is 0 Å². The minimum absolute atomic E-state index is 0.792. The molecule has 1 fully saturated rings. The van der Waals surface area contributed by atoms with Crippen molar-refractivity contribution >= 4 is 17.5 Å². The van der Waals surface area contributed by atoms with Crippen LogP contribution in [0.4, 0.5) is 0 Å². The topological polar surface area (TPSA) is 23.9 Å². The third-order valence-corrected chi connectivity index (χ3v) is 1.61. The summed E-state index contributed by atoms with van der Waals surface area (Å²) < 4.78 is 0. The van der Waals surface area contributed by atoms with Gasteiger partial charge in [0.15, 0.2) is 0 Å². The van der Waals surface area contributed by atoms with Crippen LogP contribution in [0.2, 0.25) is 0 Å². The van der Waals surface area contributed by atoms with Crippen LogP contribution in [0, 0.1) is 11.2 Å². The molecule has 1 saturated heterocycles. The number of rotatable bonds is 0. The first-order valence-corrected chi connectivity index (χ1v) is 2.97. The van der Waals surface area contributed by atoms with E-state index in [4.69, 9.17) is 5.41 Å². The number of nitrogens with one attached hydrogen (secondary N) is 1. The van der Waals surface area contributed by atoms with E-state index in [0.29, 0.717) is 0 Å². The van der Waals surface area contributed by atoms with Gasteiger partial charge in [-0.2, -0.15) is 11.8 Å². The van der Waals surface area contributed by atoms with Crippen molar-refractivity contribution in [1.82, 2.24) is 0 Å². The van der Waals surface area contributed by atoms with Crippen molar-refractivity contribution in [2.24, 2.45) is 0 Å². The molecule has 0 aliphatic carbocycles. The quantitative estimate of drug-likeness (QED) is 0.487. The molecule has 0 spiro atoms. The number of hydrogen-bond donors (Lipinski definition) is 1. The summed E-state index contributed by atoms with van der Waals surface area (Å²) in [6, 6.07) is 0. The minimum atomic E-state index is 0.792. The van der Waals surface area contributed by atoms with Crippen molar-refractivity contribution < 1.29 is 0 Å². The summed E-state index contributed by atoms with van der Waals surface area (Å²) in [6.45, 7) is 0. The van der Waals surface area contributed by atoms with E-state index in [1.54, 1.807) is 11.8 Å². The summed E-state index contributed by atoms with van der Waals surface area (Å²) in [7, 11) is 0. The van der Waals surface area contributed by atoms with Gasteiger partial charge >= 0.3 is 0 Å². The maximum Gasteiger partial charge on any atom is 0.0595 e. The highest BCUT2D eigenvalue weighted by Crippen LogP contribution is 2.17.